The molecule has 2 aromatic rings. The van der Waals surface area contributed by atoms with E-state index in [0.717, 1.165) is 18.0 Å². The summed E-state index contributed by atoms with van der Waals surface area (Å²) in [6.07, 6.45) is 2.43. The highest BCUT2D eigenvalue weighted by Crippen LogP contribution is 2.40. The minimum absolute atomic E-state index is 0.165. The van der Waals surface area contributed by atoms with Crippen molar-refractivity contribution in [1.82, 2.24) is 0 Å². The van der Waals surface area contributed by atoms with Crippen molar-refractivity contribution in [3.63, 3.8) is 0 Å². The number of rotatable bonds is 4. The molecule has 0 bridgehead atoms. The van der Waals surface area contributed by atoms with Crippen LogP contribution >= 0.6 is 11.8 Å². The lowest BCUT2D eigenvalue weighted by Crippen LogP contribution is -2.18. The van der Waals surface area contributed by atoms with Crippen LogP contribution in [0.2, 0.25) is 0 Å². The molecule has 1 aliphatic rings. The van der Waals surface area contributed by atoms with Crippen LogP contribution in [0.25, 0.3) is 0 Å². The zero-order chi connectivity index (χ0) is 14.7. The predicted molar refractivity (Wildman–Crippen MR) is 85.1 cm³/mol. The lowest BCUT2D eigenvalue weighted by atomic mass is 10.3. The standard InChI is InChI=1S/C16H16N2O2S/c19-18(20)14-8-2-4-10-16(14)21-15-9-3-1-7-13(15)17-11-5-6-12-17/h1-4,7-10H,5-6,11-12H2. The van der Waals surface area contributed by atoms with Crippen molar-refractivity contribution in [3.05, 3.63) is 58.6 Å². The van der Waals surface area contributed by atoms with Gasteiger partial charge in [-0.15, -0.1) is 0 Å². The molecule has 1 aliphatic heterocycles. The summed E-state index contributed by atoms with van der Waals surface area (Å²) in [5, 5.41) is 11.1. The van der Waals surface area contributed by atoms with Crippen molar-refractivity contribution in [2.75, 3.05) is 18.0 Å². The molecule has 0 N–H and O–H groups in total. The van der Waals surface area contributed by atoms with Crippen molar-refractivity contribution >= 4 is 23.1 Å². The molecule has 0 radical (unpaired) electrons. The van der Waals surface area contributed by atoms with E-state index >= 15 is 0 Å². The van der Waals surface area contributed by atoms with Gasteiger partial charge >= 0.3 is 0 Å². The van der Waals surface area contributed by atoms with Gasteiger partial charge in [0.05, 0.1) is 15.5 Å². The van der Waals surface area contributed by atoms with Gasteiger partial charge in [-0.3, -0.25) is 10.1 Å². The fraction of sp³-hybridized carbons (Fsp3) is 0.250. The van der Waals surface area contributed by atoms with E-state index in [2.05, 4.69) is 11.0 Å². The first-order chi connectivity index (χ1) is 10.3. The van der Waals surface area contributed by atoms with E-state index in [4.69, 9.17) is 0 Å². The minimum atomic E-state index is -0.319. The molecule has 5 heteroatoms. The fourth-order valence-corrected chi connectivity index (χ4v) is 3.65. The summed E-state index contributed by atoms with van der Waals surface area (Å²) in [6.45, 7) is 2.13. The van der Waals surface area contributed by atoms with Crippen LogP contribution in [0, 0.1) is 10.1 Å². The molecule has 2 aromatic carbocycles. The Hall–Kier alpha value is -2.01. The van der Waals surface area contributed by atoms with Crippen LogP contribution in [-0.2, 0) is 0 Å². The summed E-state index contributed by atoms with van der Waals surface area (Å²) in [5.74, 6) is 0. The highest BCUT2D eigenvalue weighted by Gasteiger charge is 2.19. The second-order valence-electron chi connectivity index (χ2n) is 4.99. The van der Waals surface area contributed by atoms with Crippen molar-refractivity contribution in [3.8, 4) is 0 Å². The van der Waals surface area contributed by atoms with E-state index in [9.17, 15) is 10.1 Å². The number of nitrogens with zero attached hydrogens (tertiary/aromatic N) is 2. The zero-order valence-electron chi connectivity index (χ0n) is 11.6. The number of nitro groups is 1. The van der Waals surface area contributed by atoms with E-state index in [1.807, 2.05) is 30.3 Å². The molecule has 0 unspecified atom stereocenters. The Morgan fingerprint density at radius 3 is 2.29 bits per heavy atom. The monoisotopic (exact) mass is 300 g/mol. The highest BCUT2D eigenvalue weighted by atomic mass is 32.2. The molecule has 0 atom stereocenters. The molecule has 1 heterocycles. The van der Waals surface area contributed by atoms with Crippen molar-refractivity contribution < 1.29 is 4.92 Å². The van der Waals surface area contributed by atoms with Crippen LogP contribution in [0.3, 0.4) is 0 Å². The van der Waals surface area contributed by atoms with Gasteiger partial charge in [0.25, 0.3) is 5.69 Å². The van der Waals surface area contributed by atoms with E-state index in [1.165, 1.54) is 30.3 Å². The molecular weight excluding hydrogens is 284 g/mol. The van der Waals surface area contributed by atoms with E-state index in [0.29, 0.717) is 4.90 Å². The maximum absolute atomic E-state index is 11.1. The molecule has 21 heavy (non-hydrogen) atoms. The summed E-state index contributed by atoms with van der Waals surface area (Å²) in [5.41, 5.74) is 1.34. The Morgan fingerprint density at radius 1 is 0.952 bits per heavy atom. The molecule has 3 rings (SSSR count). The Morgan fingerprint density at radius 2 is 1.57 bits per heavy atom. The molecule has 0 saturated carbocycles. The quantitative estimate of drug-likeness (QED) is 0.622. The molecular formula is C16H16N2O2S. The molecule has 1 saturated heterocycles. The van der Waals surface area contributed by atoms with Crippen LogP contribution in [0.4, 0.5) is 11.4 Å². The van der Waals surface area contributed by atoms with Gasteiger partial charge < -0.3 is 4.90 Å². The Kier molecular flexibility index (Phi) is 4.10. The number of nitro benzene ring substituents is 1. The average molecular weight is 300 g/mol. The Labute approximate surface area is 127 Å². The molecule has 0 spiro atoms. The van der Waals surface area contributed by atoms with Gasteiger partial charge in [0.15, 0.2) is 0 Å². The molecule has 0 aromatic heterocycles. The molecule has 0 aliphatic carbocycles. The van der Waals surface area contributed by atoms with E-state index < -0.39 is 0 Å². The summed E-state index contributed by atoms with van der Waals surface area (Å²) >= 11 is 1.47. The Balaban J connectivity index is 1.93. The summed E-state index contributed by atoms with van der Waals surface area (Å²) in [4.78, 5) is 14.9. The first-order valence-electron chi connectivity index (χ1n) is 7.01. The van der Waals surface area contributed by atoms with Gasteiger partial charge in [-0.2, -0.15) is 0 Å². The third-order valence-electron chi connectivity index (χ3n) is 3.59. The summed E-state index contributed by atoms with van der Waals surface area (Å²) in [6, 6.07) is 15.1. The normalized spacial score (nSPS) is 14.4. The van der Waals surface area contributed by atoms with Crippen molar-refractivity contribution in [1.29, 1.82) is 0 Å². The van der Waals surface area contributed by atoms with E-state index in [1.54, 1.807) is 12.1 Å². The molecule has 0 amide bonds. The number of benzene rings is 2. The van der Waals surface area contributed by atoms with Crippen LogP contribution in [0.5, 0.6) is 0 Å². The van der Waals surface area contributed by atoms with Gasteiger partial charge in [-0.05, 0) is 31.0 Å². The topological polar surface area (TPSA) is 46.4 Å². The first-order valence-corrected chi connectivity index (χ1v) is 7.82. The molecule has 108 valence electrons. The van der Waals surface area contributed by atoms with E-state index in [-0.39, 0.29) is 10.6 Å². The van der Waals surface area contributed by atoms with Crippen LogP contribution in [0.1, 0.15) is 12.8 Å². The summed E-state index contributed by atoms with van der Waals surface area (Å²) in [7, 11) is 0. The van der Waals surface area contributed by atoms with Gasteiger partial charge in [0.2, 0.25) is 0 Å². The van der Waals surface area contributed by atoms with Gasteiger partial charge in [-0.1, -0.05) is 36.0 Å². The maximum atomic E-state index is 11.1. The predicted octanol–water partition coefficient (Wildman–Crippen LogP) is 4.35. The van der Waals surface area contributed by atoms with Gasteiger partial charge in [0.1, 0.15) is 0 Å². The smallest absolute Gasteiger partial charge is 0.283 e. The maximum Gasteiger partial charge on any atom is 0.283 e. The second kappa shape index (κ2) is 6.18. The molecule has 4 nitrogen and oxygen atoms in total. The van der Waals surface area contributed by atoms with Crippen molar-refractivity contribution in [2.45, 2.75) is 22.6 Å². The lowest BCUT2D eigenvalue weighted by molar-refractivity contribution is -0.387. The minimum Gasteiger partial charge on any atom is -0.371 e. The first kappa shape index (κ1) is 13.9. The lowest BCUT2D eigenvalue weighted by Gasteiger charge is -2.20. The number of para-hydroxylation sites is 2. The number of hydrogen-bond donors (Lipinski definition) is 0. The third-order valence-corrected chi connectivity index (χ3v) is 4.72. The van der Waals surface area contributed by atoms with Gasteiger partial charge in [0, 0.05) is 24.1 Å². The SMILES string of the molecule is O=[N+]([O-])c1ccccc1Sc1ccccc1N1CCCC1. The average Bonchev–Trinajstić information content (AvgIpc) is 3.02. The zero-order valence-corrected chi connectivity index (χ0v) is 12.4. The number of hydrogen-bond acceptors (Lipinski definition) is 4. The fourth-order valence-electron chi connectivity index (χ4n) is 2.58. The van der Waals surface area contributed by atoms with Crippen LogP contribution in [-0.4, -0.2) is 18.0 Å². The highest BCUT2D eigenvalue weighted by molar-refractivity contribution is 7.99. The summed E-state index contributed by atoms with van der Waals surface area (Å²) < 4.78 is 0. The largest absolute Gasteiger partial charge is 0.371 e. The third kappa shape index (κ3) is 3.03. The van der Waals surface area contributed by atoms with Crippen LogP contribution < -0.4 is 4.90 Å². The second-order valence-corrected chi connectivity index (χ2v) is 6.07. The number of anilines is 1. The van der Waals surface area contributed by atoms with Gasteiger partial charge in [-0.25, -0.2) is 0 Å². The Bertz CT molecular complexity index is 654. The van der Waals surface area contributed by atoms with Crippen molar-refractivity contribution in [2.24, 2.45) is 0 Å². The molecule has 1 fully saturated rings. The van der Waals surface area contributed by atoms with Crippen LogP contribution in [0.15, 0.2) is 58.3 Å².